The minimum absolute atomic E-state index is 0.000519. The van der Waals surface area contributed by atoms with E-state index in [2.05, 4.69) is 10.3 Å². The Hall–Kier alpha value is -3.62. The Morgan fingerprint density at radius 3 is 2.69 bits per heavy atom. The summed E-state index contributed by atoms with van der Waals surface area (Å²) >= 11 is 0. The number of ether oxygens (including phenoxy) is 1. The van der Waals surface area contributed by atoms with Crippen molar-refractivity contribution in [1.82, 2.24) is 15.0 Å². The fourth-order valence-electron chi connectivity index (χ4n) is 3.77. The zero-order valence-corrected chi connectivity index (χ0v) is 17.9. The van der Waals surface area contributed by atoms with E-state index in [1.54, 1.807) is 11.6 Å². The van der Waals surface area contributed by atoms with E-state index in [1.165, 1.54) is 11.0 Å². The van der Waals surface area contributed by atoms with E-state index in [-0.39, 0.29) is 42.8 Å². The Balaban J connectivity index is 1.42. The van der Waals surface area contributed by atoms with Crippen molar-refractivity contribution in [3.05, 3.63) is 70.5 Å². The van der Waals surface area contributed by atoms with E-state index in [1.807, 2.05) is 32.0 Å². The Morgan fingerprint density at radius 2 is 1.94 bits per heavy atom. The molecule has 0 saturated carbocycles. The summed E-state index contributed by atoms with van der Waals surface area (Å²) in [5, 5.41) is 8.09. The molecule has 4 rings (SSSR count). The highest BCUT2D eigenvalue weighted by molar-refractivity contribution is 5.95. The molecule has 1 saturated heterocycles. The van der Waals surface area contributed by atoms with Crippen LogP contribution in [-0.2, 0) is 9.53 Å². The first-order valence-electron chi connectivity index (χ1n) is 10.2. The van der Waals surface area contributed by atoms with Crippen LogP contribution in [0.15, 0.2) is 36.4 Å². The van der Waals surface area contributed by atoms with Crippen LogP contribution in [0.5, 0.6) is 0 Å². The van der Waals surface area contributed by atoms with Gasteiger partial charge in [-0.1, -0.05) is 17.3 Å². The molecule has 2 aromatic carbocycles. The molecule has 7 nitrogen and oxygen atoms in total. The largest absolute Gasteiger partial charge is 0.460 e. The first kappa shape index (κ1) is 21.6. The second-order valence-electron chi connectivity index (χ2n) is 7.93. The fourth-order valence-corrected chi connectivity index (χ4v) is 3.77. The highest BCUT2D eigenvalue weighted by Crippen LogP contribution is 2.27. The lowest BCUT2D eigenvalue weighted by Gasteiger charge is -2.17. The summed E-state index contributed by atoms with van der Waals surface area (Å²) in [5.41, 5.74) is 3.88. The van der Waals surface area contributed by atoms with Gasteiger partial charge >= 0.3 is 5.97 Å². The van der Waals surface area contributed by atoms with Gasteiger partial charge in [0.05, 0.1) is 18.0 Å². The van der Waals surface area contributed by atoms with Crippen LogP contribution in [-0.4, -0.2) is 40.0 Å². The van der Waals surface area contributed by atoms with Gasteiger partial charge in [0.1, 0.15) is 0 Å². The minimum atomic E-state index is -1.02. The van der Waals surface area contributed by atoms with Gasteiger partial charge in [-0.3, -0.25) is 4.79 Å². The molecule has 0 aliphatic carbocycles. The average molecular weight is 440 g/mol. The van der Waals surface area contributed by atoms with E-state index >= 15 is 0 Å². The van der Waals surface area contributed by atoms with Crippen LogP contribution in [0.1, 0.15) is 33.7 Å². The smallest absolute Gasteiger partial charge is 0.360 e. The van der Waals surface area contributed by atoms with Gasteiger partial charge in [0.15, 0.2) is 17.3 Å². The summed E-state index contributed by atoms with van der Waals surface area (Å²) in [5.74, 6) is -3.14. The number of carbonyl (C=O) groups excluding carboxylic acids is 2. The Kier molecular flexibility index (Phi) is 5.73. The summed E-state index contributed by atoms with van der Waals surface area (Å²) < 4.78 is 33.7. The molecule has 32 heavy (non-hydrogen) atoms. The van der Waals surface area contributed by atoms with Crippen molar-refractivity contribution < 1.29 is 23.1 Å². The lowest BCUT2D eigenvalue weighted by molar-refractivity contribution is -0.117. The van der Waals surface area contributed by atoms with Gasteiger partial charge in [0.25, 0.3) is 0 Å². The van der Waals surface area contributed by atoms with Gasteiger partial charge in [0.2, 0.25) is 5.91 Å². The zero-order valence-electron chi connectivity index (χ0n) is 17.9. The SMILES string of the molecule is Cc1cccc(-n2nnc(C(=O)OCC3CC(=O)N(c4ccc(F)c(F)c4)C3)c2C)c1C. The zero-order chi connectivity index (χ0) is 23.0. The van der Waals surface area contributed by atoms with Gasteiger partial charge < -0.3 is 9.64 Å². The molecule has 1 aromatic heterocycles. The van der Waals surface area contributed by atoms with E-state index in [4.69, 9.17) is 4.74 Å². The predicted molar refractivity (Wildman–Crippen MR) is 113 cm³/mol. The molecule has 0 radical (unpaired) electrons. The number of hydrogen-bond donors (Lipinski definition) is 0. The molecular formula is C23H22F2N4O3. The van der Waals surface area contributed by atoms with Gasteiger partial charge in [-0.05, 0) is 50.1 Å². The average Bonchev–Trinajstić information content (AvgIpc) is 3.33. The van der Waals surface area contributed by atoms with Crippen molar-refractivity contribution in [2.45, 2.75) is 27.2 Å². The number of carbonyl (C=O) groups is 2. The number of aromatic nitrogens is 3. The number of aryl methyl sites for hydroxylation is 1. The number of amides is 1. The molecule has 3 aromatic rings. The summed E-state index contributed by atoms with van der Waals surface area (Å²) in [6.45, 7) is 5.94. The van der Waals surface area contributed by atoms with Crippen LogP contribution in [0.3, 0.4) is 0 Å². The number of anilines is 1. The second-order valence-corrected chi connectivity index (χ2v) is 7.93. The van der Waals surface area contributed by atoms with Gasteiger partial charge in [-0.15, -0.1) is 5.10 Å². The molecule has 166 valence electrons. The standard InChI is InChI=1S/C23H22F2N4O3/c1-13-5-4-6-20(14(13)2)29-15(3)22(26-27-29)23(31)32-12-16-9-21(30)28(11-16)17-7-8-18(24)19(25)10-17/h4-8,10,16H,9,11-12H2,1-3H3. The van der Waals surface area contributed by atoms with Gasteiger partial charge in [0, 0.05) is 30.6 Å². The maximum Gasteiger partial charge on any atom is 0.360 e. The molecule has 1 aliphatic heterocycles. The second kappa shape index (κ2) is 8.49. The number of nitrogens with zero attached hydrogens (tertiary/aromatic N) is 4. The number of benzene rings is 2. The lowest BCUT2D eigenvalue weighted by Crippen LogP contribution is -2.25. The predicted octanol–water partition coefficient (Wildman–Crippen LogP) is 3.68. The molecule has 1 aliphatic rings. The Bertz CT molecular complexity index is 1210. The van der Waals surface area contributed by atoms with E-state index < -0.39 is 17.6 Å². The van der Waals surface area contributed by atoms with Crippen LogP contribution in [0.25, 0.3) is 5.69 Å². The van der Waals surface area contributed by atoms with Crippen molar-refractivity contribution in [3.63, 3.8) is 0 Å². The van der Waals surface area contributed by atoms with Crippen LogP contribution in [0.2, 0.25) is 0 Å². The summed E-state index contributed by atoms with van der Waals surface area (Å²) in [7, 11) is 0. The van der Waals surface area contributed by atoms with Crippen LogP contribution >= 0.6 is 0 Å². The summed E-state index contributed by atoms with van der Waals surface area (Å²) in [6.07, 6.45) is 0.139. The van der Waals surface area contributed by atoms with Crippen LogP contribution in [0.4, 0.5) is 14.5 Å². The third kappa shape index (κ3) is 3.98. The summed E-state index contributed by atoms with van der Waals surface area (Å²) in [4.78, 5) is 26.3. The quantitative estimate of drug-likeness (QED) is 0.566. The Labute approximate surface area is 183 Å². The number of hydrogen-bond acceptors (Lipinski definition) is 5. The van der Waals surface area contributed by atoms with Crippen molar-refractivity contribution >= 4 is 17.6 Å². The van der Waals surface area contributed by atoms with E-state index in [0.717, 1.165) is 28.9 Å². The van der Waals surface area contributed by atoms with E-state index in [0.29, 0.717) is 5.69 Å². The van der Waals surface area contributed by atoms with Crippen molar-refractivity contribution in [2.24, 2.45) is 5.92 Å². The third-order valence-electron chi connectivity index (χ3n) is 5.76. The van der Waals surface area contributed by atoms with Crippen LogP contribution < -0.4 is 4.90 Å². The fraction of sp³-hybridized carbons (Fsp3) is 0.304. The molecule has 0 spiro atoms. The monoisotopic (exact) mass is 440 g/mol. The van der Waals surface area contributed by atoms with Crippen molar-refractivity contribution in [1.29, 1.82) is 0 Å². The number of esters is 1. The van der Waals surface area contributed by atoms with Gasteiger partial charge in [-0.25, -0.2) is 18.3 Å². The highest BCUT2D eigenvalue weighted by Gasteiger charge is 2.32. The highest BCUT2D eigenvalue weighted by atomic mass is 19.2. The molecule has 9 heteroatoms. The minimum Gasteiger partial charge on any atom is -0.460 e. The third-order valence-corrected chi connectivity index (χ3v) is 5.76. The Morgan fingerprint density at radius 1 is 1.16 bits per heavy atom. The molecule has 2 heterocycles. The maximum atomic E-state index is 13.5. The lowest BCUT2D eigenvalue weighted by atomic mass is 10.1. The first-order valence-corrected chi connectivity index (χ1v) is 10.2. The topological polar surface area (TPSA) is 77.3 Å². The molecule has 0 N–H and O–H groups in total. The molecule has 1 atom stereocenters. The van der Waals surface area contributed by atoms with Crippen molar-refractivity contribution in [2.75, 3.05) is 18.1 Å². The van der Waals surface area contributed by atoms with Gasteiger partial charge in [-0.2, -0.15) is 0 Å². The first-order chi connectivity index (χ1) is 15.3. The molecule has 1 fully saturated rings. The molecule has 1 unspecified atom stereocenters. The number of halogens is 2. The van der Waals surface area contributed by atoms with E-state index in [9.17, 15) is 18.4 Å². The summed E-state index contributed by atoms with van der Waals surface area (Å²) in [6, 6.07) is 9.11. The normalized spacial score (nSPS) is 16.0. The molecule has 1 amide bonds. The molecular weight excluding hydrogens is 418 g/mol. The number of rotatable bonds is 5. The van der Waals surface area contributed by atoms with Crippen LogP contribution in [0, 0.1) is 38.3 Å². The molecule has 0 bridgehead atoms. The maximum absolute atomic E-state index is 13.5. The van der Waals surface area contributed by atoms with Crippen molar-refractivity contribution in [3.8, 4) is 5.69 Å².